The van der Waals surface area contributed by atoms with Gasteiger partial charge in [-0.15, -0.1) is 0 Å². The standard InChI is InChI=1S/C16H25NO4S2/c1-2-22(18,19)15-9-11-16(12-10-15)23(20,21)17-13-5-8-14-6-3-4-7-14/h9-12,14,17H,2-8,13H2,1H3. The van der Waals surface area contributed by atoms with Crippen molar-refractivity contribution in [3.8, 4) is 0 Å². The van der Waals surface area contributed by atoms with Crippen molar-refractivity contribution in [2.24, 2.45) is 5.92 Å². The van der Waals surface area contributed by atoms with Gasteiger partial charge in [0.2, 0.25) is 10.0 Å². The molecule has 2 rings (SSSR count). The smallest absolute Gasteiger partial charge is 0.224 e. The number of hydrogen-bond acceptors (Lipinski definition) is 4. The van der Waals surface area contributed by atoms with Crippen LogP contribution in [0.25, 0.3) is 0 Å². The van der Waals surface area contributed by atoms with Crippen molar-refractivity contribution < 1.29 is 16.8 Å². The monoisotopic (exact) mass is 359 g/mol. The molecule has 1 aliphatic rings. The molecule has 0 atom stereocenters. The topological polar surface area (TPSA) is 80.3 Å². The quantitative estimate of drug-likeness (QED) is 0.724. The molecule has 1 aliphatic carbocycles. The maximum Gasteiger partial charge on any atom is 0.240 e. The third kappa shape index (κ3) is 5.02. The molecule has 0 heterocycles. The lowest BCUT2D eigenvalue weighted by Crippen LogP contribution is -2.25. The van der Waals surface area contributed by atoms with Gasteiger partial charge < -0.3 is 0 Å². The lowest BCUT2D eigenvalue weighted by molar-refractivity contribution is 0.480. The molecule has 23 heavy (non-hydrogen) atoms. The van der Waals surface area contributed by atoms with E-state index in [1.165, 1.54) is 49.9 Å². The normalized spacial score (nSPS) is 16.7. The number of hydrogen-bond donors (Lipinski definition) is 1. The zero-order valence-corrected chi connectivity index (χ0v) is 15.1. The Morgan fingerprint density at radius 2 is 1.57 bits per heavy atom. The van der Waals surface area contributed by atoms with Crippen LogP contribution in [0, 0.1) is 5.92 Å². The second kappa shape index (κ2) is 7.77. The number of sulfone groups is 1. The van der Waals surface area contributed by atoms with Gasteiger partial charge in [0, 0.05) is 6.54 Å². The summed E-state index contributed by atoms with van der Waals surface area (Å²) in [5, 5.41) is 0. The molecule has 1 aromatic carbocycles. The van der Waals surface area contributed by atoms with Crippen LogP contribution in [0.4, 0.5) is 0 Å². The minimum Gasteiger partial charge on any atom is -0.224 e. The molecule has 0 spiro atoms. The second-order valence-corrected chi connectivity index (χ2v) is 10.1. The fourth-order valence-electron chi connectivity index (χ4n) is 2.97. The first kappa shape index (κ1) is 18.4. The van der Waals surface area contributed by atoms with Gasteiger partial charge in [-0.1, -0.05) is 32.6 Å². The van der Waals surface area contributed by atoms with Crippen LogP contribution in [0.15, 0.2) is 34.1 Å². The summed E-state index contributed by atoms with van der Waals surface area (Å²) in [6.45, 7) is 1.99. The Labute approximate surface area is 139 Å². The molecule has 1 saturated carbocycles. The highest BCUT2D eigenvalue weighted by Crippen LogP contribution is 2.28. The lowest BCUT2D eigenvalue weighted by Gasteiger charge is -2.10. The van der Waals surface area contributed by atoms with Crippen molar-refractivity contribution in [1.29, 1.82) is 0 Å². The van der Waals surface area contributed by atoms with Crippen LogP contribution in [-0.4, -0.2) is 29.1 Å². The van der Waals surface area contributed by atoms with Crippen molar-refractivity contribution in [2.45, 2.75) is 55.2 Å². The highest BCUT2D eigenvalue weighted by molar-refractivity contribution is 7.91. The maximum absolute atomic E-state index is 12.2. The van der Waals surface area contributed by atoms with E-state index in [9.17, 15) is 16.8 Å². The molecular formula is C16H25NO4S2. The second-order valence-electron chi connectivity index (χ2n) is 6.07. The zero-order valence-electron chi connectivity index (χ0n) is 13.5. The Kier molecular flexibility index (Phi) is 6.22. The summed E-state index contributed by atoms with van der Waals surface area (Å²) >= 11 is 0. The third-order valence-corrected chi connectivity index (χ3v) is 7.66. The molecule has 0 amide bonds. The van der Waals surface area contributed by atoms with Crippen LogP contribution in [0.2, 0.25) is 0 Å². The summed E-state index contributed by atoms with van der Waals surface area (Å²) < 4.78 is 50.5. The van der Waals surface area contributed by atoms with E-state index in [4.69, 9.17) is 0 Å². The Balaban J connectivity index is 1.91. The van der Waals surface area contributed by atoms with Gasteiger partial charge >= 0.3 is 0 Å². The van der Waals surface area contributed by atoms with Gasteiger partial charge in [-0.05, 0) is 43.0 Å². The predicted octanol–water partition coefficient (Wildman–Crippen LogP) is 2.73. The molecule has 0 aromatic heterocycles. The van der Waals surface area contributed by atoms with Crippen LogP contribution < -0.4 is 4.72 Å². The Bertz CT molecular complexity index is 703. The summed E-state index contributed by atoms with van der Waals surface area (Å²) in [5.41, 5.74) is 0. The molecular weight excluding hydrogens is 334 g/mol. The largest absolute Gasteiger partial charge is 0.240 e. The van der Waals surface area contributed by atoms with Crippen molar-refractivity contribution in [1.82, 2.24) is 4.72 Å². The van der Waals surface area contributed by atoms with E-state index in [1.54, 1.807) is 6.92 Å². The van der Waals surface area contributed by atoms with Crippen molar-refractivity contribution in [3.05, 3.63) is 24.3 Å². The molecule has 0 saturated heterocycles. The van der Waals surface area contributed by atoms with Crippen molar-refractivity contribution in [2.75, 3.05) is 12.3 Å². The average molecular weight is 360 g/mol. The third-order valence-electron chi connectivity index (χ3n) is 4.43. The molecule has 7 heteroatoms. The van der Waals surface area contributed by atoms with E-state index in [0.717, 1.165) is 18.8 Å². The Hall–Kier alpha value is -0.920. The SMILES string of the molecule is CCS(=O)(=O)c1ccc(S(=O)(=O)NCCCC2CCCC2)cc1. The summed E-state index contributed by atoms with van der Waals surface area (Å²) in [6.07, 6.45) is 7.02. The number of rotatable bonds is 8. The average Bonchev–Trinajstić information content (AvgIpc) is 3.05. The van der Waals surface area contributed by atoms with Crippen LogP contribution in [0.3, 0.4) is 0 Å². The molecule has 0 radical (unpaired) electrons. The fourth-order valence-corrected chi connectivity index (χ4v) is 4.93. The van der Waals surface area contributed by atoms with Crippen molar-refractivity contribution in [3.63, 3.8) is 0 Å². The molecule has 0 unspecified atom stereocenters. The first-order valence-corrected chi connectivity index (χ1v) is 11.3. The first-order chi connectivity index (χ1) is 10.8. The van der Waals surface area contributed by atoms with E-state index in [-0.39, 0.29) is 15.5 Å². The van der Waals surface area contributed by atoms with Crippen LogP contribution in [-0.2, 0) is 19.9 Å². The van der Waals surface area contributed by atoms with E-state index in [2.05, 4.69) is 4.72 Å². The fraction of sp³-hybridized carbons (Fsp3) is 0.625. The molecule has 5 nitrogen and oxygen atoms in total. The van der Waals surface area contributed by atoms with Crippen LogP contribution in [0.5, 0.6) is 0 Å². The minimum absolute atomic E-state index is 0.00147. The highest BCUT2D eigenvalue weighted by Gasteiger charge is 2.18. The van der Waals surface area contributed by atoms with Gasteiger partial charge in [0.25, 0.3) is 0 Å². The van der Waals surface area contributed by atoms with Gasteiger partial charge in [-0.2, -0.15) is 0 Å². The van der Waals surface area contributed by atoms with Crippen molar-refractivity contribution >= 4 is 19.9 Å². The molecule has 1 fully saturated rings. The molecule has 0 aliphatic heterocycles. The number of sulfonamides is 1. The molecule has 1 N–H and O–H groups in total. The highest BCUT2D eigenvalue weighted by atomic mass is 32.2. The molecule has 1 aromatic rings. The Morgan fingerprint density at radius 1 is 1.00 bits per heavy atom. The van der Waals surface area contributed by atoms with Gasteiger partial charge in [0.1, 0.15) is 0 Å². The molecule has 130 valence electrons. The summed E-state index contributed by atoms with van der Waals surface area (Å²) in [5.74, 6) is 0.747. The predicted molar refractivity (Wildman–Crippen MR) is 90.5 cm³/mol. The van der Waals surface area contributed by atoms with E-state index in [0.29, 0.717) is 6.54 Å². The Morgan fingerprint density at radius 3 is 2.13 bits per heavy atom. The van der Waals surface area contributed by atoms with E-state index >= 15 is 0 Å². The minimum atomic E-state index is -3.57. The van der Waals surface area contributed by atoms with Crippen LogP contribution >= 0.6 is 0 Å². The van der Waals surface area contributed by atoms with E-state index in [1.807, 2.05) is 0 Å². The number of nitrogens with one attached hydrogen (secondary N) is 1. The zero-order chi connectivity index (χ0) is 16.9. The maximum atomic E-state index is 12.2. The number of benzene rings is 1. The summed E-state index contributed by atoms with van der Waals surface area (Å²) in [4.78, 5) is 0.258. The molecule has 0 bridgehead atoms. The van der Waals surface area contributed by atoms with Gasteiger partial charge in [-0.25, -0.2) is 21.6 Å². The van der Waals surface area contributed by atoms with Gasteiger partial charge in [0.05, 0.1) is 15.5 Å². The van der Waals surface area contributed by atoms with E-state index < -0.39 is 19.9 Å². The summed E-state index contributed by atoms with van der Waals surface area (Å²) in [6, 6.07) is 5.40. The van der Waals surface area contributed by atoms with Crippen LogP contribution in [0.1, 0.15) is 45.4 Å². The lowest BCUT2D eigenvalue weighted by atomic mass is 10.0. The van der Waals surface area contributed by atoms with Gasteiger partial charge in [-0.3, -0.25) is 0 Å². The summed E-state index contributed by atoms with van der Waals surface area (Å²) in [7, 11) is -6.88. The first-order valence-electron chi connectivity index (χ1n) is 8.17. The van der Waals surface area contributed by atoms with Gasteiger partial charge in [0.15, 0.2) is 9.84 Å².